The molecule has 0 aromatic heterocycles. The summed E-state index contributed by atoms with van der Waals surface area (Å²) in [6.07, 6.45) is 5.95. The van der Waals surface area contributed by atoms with Crippen molar-refractivity contribution in [1.29, 1.82) is 0 Å². The summed E-state index contributed by atoms with van der Waals surface area (Å²) in [7, 11) is 0. The first kappa shape index (κ1) is 11.3. The normalized spacial score (nSPS) is 9.59. The molecule has 0 saturated heterocycles. The van der Waals surface area contributed by atoms with Crippen molar-refractivity contribution in [3.8, 4) is 23.5 Å². The molecule has 0 radical (unpaired) electrons. The second kappa shape index (κ2) is 5.77. The summed E-state index contributed by atoms with van der Waals surface area (Å²) in [5.74, 6) is 2.61. The molecule has 0 spiro atoms. The molecule has 2 aromatic carbocycles. The Morgan fingerprint density at radius 2 is 1.53 bits per heavy atom. The van der Waals surface area contributed by atoms with Crippen LogP contribution in [0.4, 0.5) is 5.69 Å². The molecule has 1 nitrogen and oxygen atoms in total. The van der Waals surface area contributed by atoms with Crippen molar-refractivity contribution in [3.63, 3.8) is 0 Å². The zero-order valence-corrected chi connectivity index (χ0v) is 9.69. The van der Waals surface area contributed by atoms with Crippen molar-refractivity contribution in [3.05, 3.63) is 54.6 Å². The van der Waals surface area contributed by atoms with Crippen LogP contribution < -0.4 is 5.32 Å². The molecule has 84 valence electrons. The van der Waals surface area contributed by atoms with Gasteiger partial charge in [0.05, 0.1) is 0 Å². The van der Waals surface area contributed by atoms with E-state index in [1.165, 1.54) is 11.1 Å². The van der Waals surface area contributed by atoms with Gasteiger partial charge in [-0.25, -0.2) is 0 Å². The number of nitrogens with one attached hydrogen (secondary N) is 1. The first-order valence-corrected chi connectivity index (χ1v) is 5.73. The quantitative estimate of drug-likeness (QED) is 0.612. The van der Waals surface area contributed by atoms with Gasteiger partial charge >= 0.3 is 0 Å². The van der Waals surface area contributed by atoms with E-state index in [-0.39, 0.29) is 0 Å². The summed E-state index contributed by atoms with van der Waals surface area (Å²) in [6, 6.07) is 18.8. The highest BCUT2D eigenvalue weighted by molar-refractivity contribution is 5.65. The average molecular weight is 221 g/mol. The van der Waals surface area contributed by atoms with E-state index in [1.54, 1.807) is 0 Å². The SMILES string of the molecule is C#CCCNc1ccc(-c2ccccc2)cc1. The van der Waals surface area contributed by atoms with Crippen LogP contribution in [0.15, 0.2) is 54.6 Å². The summed E-state index contributed by atoms with van der Waals surface area (Å²) in [5.41, 5.74) is 3.58. The van der Waals surface area contributed by atoms with Crippen LogP contribution in [0.1, 0.15) is 6.42 Å². The number of hydrogen-bond donors (Lipinski definition) is 1. The fourth-order valence-corrected chi connectivity index (χ4v) is 1.69. The first-order chi connectivity index (χ1) is 8.40. The van der Waals surface area contributed by atoms with Crippen LogP contribution in [-0.2, 0) is 0 Å². The Kier molecular flexibility index (Phi) is 3.83. The van der Waals surface area contributed by atoms with E-state index >= 15 is 0 Å². The maximum absolute atomic E-state index is 5.20. The highest BCUT2D eigenvalue weighted by atomic mass is 14.9. The lowest BCUT2D eigenvalue weighted by molar-refractivity contribution is 1.10. The number of rotatable bonds is 4. The Bertz CT molecular complexity index is 491. The minimum absolute atomic E-state index is 0.750. The number of terminal acetylenes is 1. The molecular weight excluding hydrogens is 206 g/mol. The van der Waals surface area contributed by atoms with Crippen molar-refractivity contribution < 1.29 is 0 Å². The fourth-order valence-electron chi connectivity index (χ4n) is 1.69. The Labute approximate surface area is 102 Å². The fraction of sp³-hybridized carbons (Fsp3) is 0.125. The maximum Gasteiger partial charge on any atom is 0.0340 e. The zero-order chi connectivity index (χ0) is 11.9. The topological polar surface area (TPSA) is 12.0 Å². The molecule has 2 aromatic rings. The van der Waals surface area contributed by atoms with E-state index in [9.17, 15) is 0 Å². The van der Waals surface area contributed by atoms with Crippen molar-refractivity contribution in [2.45, 2.75) is 6.42 Å². The maximum atomic E-state index is 5.20. The van der Waals surface area contributed by atoms with Crippen LogP contribution in [0.3, 0.4) is 0 Å². The molecule has 0 amide bonds. The van der Waals surface area contributed by atoms with E-state index in [1.807, 2.05) is 6.07 Å². The molecule has 0 aliphatic rings. The number of hydrogen-bond acceptors (Lipinski definition) is 1. The number of anilines is 1. The molecular formula is C16H15N. The Balaban J connectivity index is 2.06. The van der Waals surface area contributed by atoms with Gasteiger partial charge in [0, 0.05) is 18.7 Å². The molecule has 0 aliphatic heterocycles. The van der Waals surface area contributed by atoms with Gasteiger partial charge in [-0.1, -0.05) is 42.5 Å². The third kappa shape index (κ3) is 3.12. The van der Waals surface area contributed by atoms with E-state index in [2.05, 4.69) is 59.8 Å². The summed E-state index contributed by atoms with van der Waals surface area (Å²) < 4.78 is 0. The predicted octanol–water partition coefficient (Wildman–Crippen LogP) is 3.79. The van der Waals surface area contributed by atoms with Crippen LogP contribution in [0.5, 0.6) is 0 Å². The summed E-state index contributed by atoms with van der Waals surface area (Å²) in [5, 5.41) is 3.28. The third-order valence-corrected chi connectivity index (χ3v) is 2.59. The summed E-state index contributed by atoms with van der Waals surface area (Å²) >= 11 is 0. The van der Waals surface area contributed by atoms with Gasteiger partial charge in [-0.15, -0.1) is 12.3 Å². The van der Waals surface area contributed by atoms with Crippen LogP contribution in [0.25, 0.3) is 11.1 Å². The minimum atomic E-state index is 0.750. The molecule has 1 N–H and O–H groups in total. The highest BCUT2D eigenvalue weighted by Crippen LogP contribution is 2.20. The van der Waals surface area contributed by atoms with Crippen molar-refractivity contribution in [1.82, 2.24) is 0 Å². The Hall–Kier alpha value is -2.20. The molecule has 0 saturated carbocycles. The van der Waals surface area contributed by atoms with Gasteiger partial charge in [-0.3, -0.25) is 0 Å². The van der Waals surface area contributed by atoms with Gasteiger partial charge in [0.15, 0.2) is 0 Å². The molecule has 0 bridgehead atoms. The smallest absolute Gasteiger partial charge is 0.0340 e. The van der Waals surface area contributed by atoms with Crippen LogP contribution in [-0.4, -0.2) is 6.54 Å². The summed E-state index contributed by atoms with van der Waals surface area (Å²) in [6.45, 7) is 0.821. The van der Waals surface area contributed by atoms with E-state index in [4.69, 9.17) is 6.42 Å². The van der Waals surface area contributed by atoms with Crippen LogP contribution in [0, 0.1) is 12.3 Å². The van der Waals surface area contributed by atoms with E-state index < -0.39 is 0 Å². The second-order valence-corrected chi connectivity index (χ2v) is 3.82. The van der Waals surface area contributed by atoms with Gasteiger partial charge in [0.1, 0.15) is 0 Å². The molecule has 0 aliphatic carbocycles. The zero-order valence-electron chi connectivity index (χ0n) is 9.69. The van der Waals surface area contributed by atoms with Crippen LogP contribution in [0.2, 0.25) is 0 Å². The Morgan fingerprint density at radius 1 is 0.882 bits per heavy atom. The van der Waals surface area contributed by atoms with Crippen molar-refractivity contribution in [2.24, 2.45) is 0 Å². The van der Waals surface area contributed by atoms with Gasteiger partial charge in [-0.05, 0) is 23.3 Å². The van der Waals surface area contributed by atoms with E-state index in [0.29, 0.717) is 0 Å². The van der Waals surface area contributed by atoms with E-state index in [0.717, 1.165) is 18.7 Å². The van der Waals surface area contributed by atoms with Gasteiger partial charge in [-0.2, -0.15) is 0 Å². The monoisotopic (exact) mass is 221 g/mol. The Morgan fingerprint density at radius 3 is 2.18 bits per heavy atom. The predicted molar refractivity (Wildman–Crippen MR) is 73.8 cm³/mol. The van der Waals surface area contributed by atoms with Gasteiger partial charge < -0.3 is 5.32 Å². The minimum Gasteiger partial charge on any atom is -0.384 e. The third-order valence-electron chi connectivity index (χ3n) is 2.59. The first-order valence-electron chi connectivity index (χ1n) is 5.73. The standard InChI is InChI=1S/C16H15N/c1-2-3-13-17-16-11-9-15(10-12-16)14-7-5-4-6-8-14/h1,4-12,17H,3,13H2. The molecule has 0 heterocycles. The highest BCUT2D eigenvalue weighted by Gasteiger charge is 1.96. The molecule has 0 fully saturated rings. The largest absolute Gasteiger partial charge is 0.384 e. The number of benzene rings is 2. The lowest BCUT2D eigenvalue weighted by Crippen LogP contribution is -1.99. The lowest BCUT2D eigenvalue weighted by Gasteiger charge is -2.06. The molecule has 2 rings (SSSR count). The second-order valence-electron chi connectivity index (χ2n) is 3.82. The van der Waals surface area contributed by atoms with Crippen molar-refractivity contribution in [2.75, 3.05) is 11.9 Å². The molecule has 1 heteroatoms. The molecule has 0 unspecified atom stereocenters. The van der Waals surface area contributed by atoms with Gasteiger partial charge in [0.2, 0.25) is 0 Å². The average Bonchev–Trinajstić information content (AvgIpc) is 2.41. The van der Waals surface area contributed by atoms with Crippen molar-refractivity contribution >= 4 is 5.69 Å². The van der Waals surface area contributed by atoms with Crippen LogP contribution >= 0.6 is 0 Å². The lowest BCUT2D eigenvalue weighted by atomic mass is 10.1. The molecule has 17 heavy (non-hydrogen) atoms. The summed E-state index contributed by atoms with van der Waals surface area (Å²) in [4.78, 5) is 0. The molecule has 0 atom stereocenters. The van der Waals surface area contributed by atoms with Gasteiger partial charge in [0.25, 0.3) is 0 Å².